The van der Waals surface area contributed by atoms with Crippen LogP contribution in [-0.4, -0.2) is 16.8 Å². The summed E-state index contributed by atoms with van der Waals surface area (Å²) in [7, 11) is 0. The van der Waals surface area contributed by atoms with Crippen LogP contribution in [-0.2, 0) is 0 Å². The molecule has 0 unspecified atom stereocenters. The second kappa shape index (κ2) is 7.10. The number of benzene rings is 2. The molecule has 2 N–H and O–H groups in total. The Hall–Kier alpha value is -2.93. The van der Waals surface area contributed by atoms with Crippen molar-refractivity contribution in [1.82, 2.24) is 4.98 Å². The summed E-state index contributed by atoms with van der Waals surface area (Å²) < 4.78 is 5.64. The topological polar surface area (TPSA) is 84.2 Å². The van der Waals surface area contributed by atoms with Crippen LogP contribution in [0.25, 0.3) is 0 Å². The second-order valence-electron chi connectivity index (χ2n) is 4.83. The van der Waals surface area contributed by atoms with Crippen LogP contribution >= 0.6 is 15.9 Å². The molecule has 0 radical (unpaired) electrons. The van der Waals surface area contributed by atoms with Gasteiger partial charge in [0, 0.05) is 15.8 Å². The molecule has 6 nitrogen and oxygen atoms in total. The minimum Gasteiger partial charge on any atom is -0.438 e. The van der Waals surface area contributed by atoms with Gasteiger partial charge < -0.3 is 15.1 Å². The largest absolute Gasteiger partial charge is 0.438 e. The average Bonchev–Trinajstić information content (AvgIpc) is 3.10. The maximum Gasteiger partial charge on any atom is 0.293 e. The number of nitrogens with one attached hydrogen (secondary N) is 2. The summed E-state index contributed by atoms with van der Waals surface area (Å²) in [5.74, 6) is -0.555. The minimum atomic E-state index is -0.415. The van der Waals surface area contributed by atoms with Crippen molar-refractivity contribution in [3.63, 3.8) is 0 Å². The molecule has 0 aliphatic carbocycles. The maximum absolute atomic E-state index is 12.3. The van der Waals surface area contributed by atoms with Crippen molar-refractivity contribution in [2.45, 2.75) is 0 Å². The number of rotatable bonds is 4. The van der Waals surface area contributed by atoms with E-state index in [1.165, 1.54) is 12.6 Å². The Labute approximate surface area is 146 Å². The molecule has 0 spiro atoms. The van der Waals surface area contributed by atoms with Crippen LogP contribution < -0.4 is 10.6 Å². The summed E-state index contributed by atoms with van der Waals surface area (Å²) in [5.41, 5.74) is 1.61. The molecular formula is C17H12BrN3O3. The molecule has 0 saturated carbocycles. The number of oxazole rings is 1. The van der Waals surface area contributed by atoms with E-state index in [0.717, 1.165) is 0 Å². The molecule has 2 aromatic carbocycles. The van der Waals surface area contributed by atoms with Crippen LogP contribution in [0.15, 0.2) is 70.0 Å². The van der Waals surface area contributed by atoms with E-state index in [0.29, 0.717) is 21.4 Å². The highest BCUT2D eigenvalue weighted by molar-refractivity contribution is 9.10. The normalized spacial score (nSPS) is 10.2. The Balaban J connectivity index is 1.72. The van der Waals surface area contributed by atoms with E-state index in [1.807, 2.05) is 6.07 Å². The molecule has 0 aliphatic heterocycles. The fraction of sp³-hybridized carbons (Fsp3) is 0. The van der Waals surface area contributed by atoms with Gasteiger partial charge in [0.05, 0.1) is 11.8 Å². The zero-order valence-electron chi connectivity index (χ0n) is 12.3. The fourth-order valence-electron chi connectivity index (χ4n) is 2.04. The minimum absolute atomic E-state index is 0.109. The van der Waals surface area contributed by atoms with Gasteiger partial charge >= 0.3 is 0 Å². The van der Waals surface area contributed by atoms with Gasteiger partial charge in [0.25, 0.3) is 11.8 Å². The Kier molecular flexibility index (Phi) is 4.72. The van der Waals surface area contributed by atoms with Crippen molar-refractivity contribution in [1.29, 1.82) is 0 Å². The summed E-state index contributed by atoms with van der Waals surface area (Å²) in [6, 6.07) is 14.0. The number of hydrogen-bond donors (Lipinski definition) is 2. The molecule has 1 heterocycles. The average molecular weight is 386 g/mol. The number of aromatic nitrogens is 1. The predicted molar refractivity (Wildman–Crippen MR) is 93.0 cm³/mol. The summed E-state index contributed by atoms with van der Waals surface area (Å²) in [4.78, 5) is 27.9. The van der Waals surface area contributed by atoms with E-state index in [1.54, 1.807) is 42.5 Å². The molecule has 24 heavy (non-hydrogen) atoms. The van der Waals surface area contributed by atoms with Gasteiger partial charge in [-0.1, -0.05) is 18.2 Å². The molecule has 0 bridgehead atoms. The first-order chi connectivity index (χ1) is 11.6. The third kappa shape index (κ3) is 3.69. The summed E-state index contributed by atoms with van der Waals surface area (Å²) in [6.45, 7) is 0. The van der Waals surface area contributed by atoms with Crippen LogP contribution in [0.5, 0.6) is 0 Å². The smallest absolute Gasteiger partial charge is 0.293 e. The van der Waals surface area contributed by atoms with E-state index < -0.39 is 5.91 Å². The third-order valence-electron chi connectivity index (χ3n) is 3.15. The zero-order valence-corrected chi connectivity index (χ0v) is 13.9. The SMILES string of the molecule is O=C(Nc1cccc(NC(=O)c2ccccc2Br)c1)c1cnco1. The Bertz CT molecular complexity index is 878. The Morgan fingerprint density at radius 1 is 0.958 bits per heavy atom. The summed E-state index contributed by atoms with van der Waals surface area (Å²) in [5, 5.41) is 5.47. The lowest BCUT2D eigenvalue weighted by atomic mass is 10.2. The van der Waals surface area contributed by atoms with Crippen molar-refractivity contribution in [2.24, 2.45) is 0 Å². The highest BCUT2D eigenvalue weighted by atomic mass is 79.9. The first-order valence-electron chi connectivity index (χ1n) is 6.99. The number of carbonyl (C=O) groups is 2. The molecule has 2 amide bonds. The third-order valence-corrected chi connectivity index (χ3v) is 3.84. The molecule has 3 rings (SSSR count). The van der Waals surface area contributed by atoms with Crippen molar-refractivity contribution in [2.75, 3.05) is 10.6 Å². The zero-order chi connectivity index (χ0) is 16.9. The Morgan fingerprint density at radius 3 is 2.33 bits per heavy atom. The van der Waals surface area contributed by atoms with Crippen LogP contribution in [0.1, 0.15) is 20.9 Å². The van der Waals surface area contributed by atoms with Gasteiger partial charge in [-0.05, 0) is 46.3 Å². The van der Waals surface area contributed by atoms with Gasteiger partial charge in [0.2, 0.25) is 5.76 Å². The number of carbonyl (C=O) groups excluding carboxylic acids is 2. The summed E-state index contributed by atoms with van der Waals surface area (Å²) >= 11 is 3.35. The number of nitrogens with zero attached hydrogens (tertiary/aromatic N) is 1. The molecular weight excluding hydrogens is 374 g/mol. The maximum atomic E-state index is 12.3. The van der Waals surface area contributed by atoms with Crippen molar-refractivity contribution < 1.29 is 14.0 Å². The fourth-order valence-corrected chi connectivity index (χ4v) is 2.50. The van der Waals surface area contributed by atoms with Gasteiger partial charge in [0.1, 0.15) is 0 Å². The lowest BCUT2D eigenvalue weighted by Gasteiger charge is -2.09. The molecule has 0 aliphatic rings. The van der Waals surface area contributed by atoms with E-state index >= 15 is 0 Å². The van der Waals surface area contributed by atoms with E-state index in [-0.39, 0.29) is 11.7 Å². The number of amides is 2. The van der Waals surface area contributed by atoms with Gasteiger partial charge in [-0.2, -0.15) is 0 Å². The first kappa shape index (κ1) is 15.9. The summed E-state index contributed by atoms with van der Waals surface area (Å²) in [6.07, 6.45) is 2.51. The molecule has 1 aromatic heterocycles. The van der Waals surface area contributed by atoms with Crippen molar-refractivity contribution >= 4 is 39.1 Å². The van der Waals surface area contributed by atoms with Gasteiger partial charge in [0.15, 0.2) is 6.39 Å². The molecule has 7 heteroatoms. The molecule has 0 atom stereocenters. The monoisotopic (exact) mass is 385 g/mol. The van der Waals surface area contributed by atoms with E-state index in [9.17, 15) is 9.59 Å². The lowest BCUT2D eigenvalue weighted by Crippen LogP contribution is -2.14. The van der Waals surface area contributed by atoms with Crippen LogP contribution in [0.3, 0.4) is 0 Å². The van der Waals surface area contributed by atoms with Crippen LogP contribution in [0.2, 0.25) is 0 Å². The van der Waals surface area contributed by atoms with Crippen LogP contribution in [0.4, 0.5) is 11.4 Å². The molecule has 0 fully saturated rings. The lowest BCUT2D eigenvalue weighted by molar-refractivity contribution is 0.0995. The van der Waals surface area contributed by atoms with Crippen molar-refractivity contribution in [3.05, 3.63) is 76.9 Å². The van der Waals surface area contributed by atoms with Gasteiger partial charge in [-0.3, -0.25) is 9.59 Å². The number of anilines is 2. The molecule has 0 saturated heterocycles. The first-order valence-corrected chi connectivity index (χ1v) is 7.78. The number of halogens is 1. The molecule has 120 valence electrons. The quantitative estimate of drug-likeness (QED) is 0.712. The highest BCUT2D eigenvalue weighted by Crippen LogP contribution is 2.20. The van der Waals surface area contributed by atoms with Gasteiger partial charge in [-0.25, -0.2) is 4.98 Å². The van der Waals surface area contributed by atoms with E-state index in [2.05, 4.69) is 31.5 Å². The van der Waals surface area contributed by atoms with Gasteiger partial charge in [-0.15, -0.1) is 0 Å². The van der Waals surface area contributed by atoms with Crippen molar-refractivity contribution in [3.8, 4) is 0 Å². The standard InChI is InChI=1S/C17H12BrN3O3/c18-14-7-2-1-6-13(14)16(22)20-11-4-3-5-12(8-11)21-17(23)15-9-19-10-24-15/h1-10H,(H,20,22)(H,21,23). The Morgan fingerprint density at radius 2 is 1.67 bits per heavy atom. The second-order valence-corrected chi connectivity index (χ2v) is 5.69. The van der Waals surface area contributed by atoms with Crippen LogP contribution in [0, 0.1) is 0 Å². The van der Waals surface area contributed by atoms with E-state index in [4.69, 9.17) is 4.42 Å². The number of hydrogen-bond acceptors (Lipinski definition) is 4. The predicted octanol–water partition coefficient (Wildman–Crippen LogP) is 3.94. The molecule has 3 aromatic rings. The highest BCUT2D eigenvalue weighted by Gasteiger charge is 2.12.